The average Bonchev–Trinajstić information content (AvgIpc) is 2.87. The molecule has 1 rings (SSSR count). The van der Waals surface area contributed by atoms with Gasteiger partial charge in [0.15, 0.2) is 0 Å². The van der Waals surface area contributed by atoms with Crippen LogP contribution >= 0.6 is 31.7 Å². The third-order valence-corrected chi connectivity index (χ3v) is 19.2. The lowest BCUT2D eigenvalue weighted by atomic mass is 10.0. The quantitative estimate of drug-likeness (QED) is 0.104. The van der Waals surface area contributed by atoms with Crippen molar-refractivity contribution in [3.8, 4) is 0 Å². The van der Waals surface area contributed by atoms with Crippen LogP contribution in [0.1, 0.15) is 129 Å². The molecule has 0 aliphatic rings. The lowest BCUT2D eigenvalue weighted by Gasteiger charge is -2.27. The molecule has 0 amide bonds. The molecule has 38 heavy (non-hydrogen) atoms. The second kappa shape index (κ2) is 23.5. The summed E-state index contributed by atoms with van der Waals surface area (Å²) in [6.07, 6.45) is 28.2. The molecule has 0 unspecified atom stereocenters. The Morgan fingerprint density at radius 2 is 0.474 bits per heavy atom. The van der Waals surface area contributed by atoms with Crippen molar-refractivity contribution < 1.29 is 0 Å². The van der Waals surface area contributed by atoms with Crippen molar-refractivity contribution in [2.75, 3.05) is 49.3 Å². The summed E-state index contributed by atoms with van der Waals surface area (Å²) in [4.78, 5) is 0. The minimum Gasteiger partial charge on any atom is -0.102 e. The van der Waals surface area contributed by atoms with E-state index in [1.807, 2.05) is 0 Å². The first-order valence-electron chi connectivity index (χ1n) is 16.5. The Morgan fingerprint density at radius 3 is 0.605 bits per heavy atom. The van der Waals surface area contributed by atoms with Crippen LogP contribution in [-0.2, 0) is 24.6 Å². The van der Waals surface area contributed by atoms with Crippen LogP contribution in [0, 0.1) is 0 Å². The minimum absolute atomic E-state index is 0.138. The zero-order valence-electron chi connectivity index (χ0n) is 27.1. The van der Waals surface area contributed by atoms with E-state index in [-0.39, 0.29) is 31.7 Å². The molecule has 0 saturated carbocycles. The zero-order valence-corrected chi connectivity index (χ0v) is 30.7. The Kier molecular flexibility index (Phi) is 22.9. The van der Waals surface area contributed by atoms with E-state index in [2.05, 4.69) is 67.5 Å². The topological polar surface area (TPSA) is 0 Å². The van der Waals surface area contributed by atoms with E-state index >= 15 is 0 Å². The maximum Gasteiger partial charge on any atom is -0.00701 e. The number of hydrogen-bond acceptors (Lipinski definition) is 0. The zero-order chi connectivity index (χ0) is 28.2. The van der Waals surface area contributed by atoms with Crippen LogP contribution in [0.2, 0.25) is 0 Å². The van der Waals surface area contributed by atoms with Crippen molar-refractivity contribution in [1.82, 2.24) is 0 Å². The fourth-order valence-electron chi connectivity index (χ4n) is 5.95. The van der Waals surface area contributed by atoms with Gasteiger partial charge in [0.2, 0.25) is 0 Å². The van der Waals surface area contributed by atoms with Crippen molar-refractivity contribution >= 4 is 31.7 Å². The highest BCUT2D eigenvalue weighted by molar-refractivity contribution is 7.57. The fraction of sp³-hybridized carbons (Fsp3) is 0.824. The van der Waals surface area contributed by atoms with Gasteiger partial charge in [0.05, 0.1) is 0 Å². The van der Waals surface area contributed by atoms with Crippen molar-refractivity contribution in [2.24, 2.45) is 0 Å². The van der Waals surface area contributed by atoms with Gasteiger partial charge in [-0.25, -0.2) is 0 Å². The molecule has 0 nitrogen and oxygen atoms in total. The highest BCUT2D eigenvalue weighted by Crippen LogP contribution is 2.50. The first kappa shape index (κ1) is 37.0. The SMILES string of the molecule is CCCP(CCC)Cc1cc(CP(CCC)CCC)c(CP(CCC)CCC)cc1CP(CCC)CCC. The summed E-state index contributed by atoms with van der Waals surface area (Å²) >= 11 is 0. The van der Waals surface area contributed by atoms with Gasteiger partial charge in [-0.2, -0.15) is 0 Å². The Labute approximate surface area is 246 Å². The van der Waals surface area contributed by atoms with Crippen molar-refractivity contribution in [3.63, 3.8) is 0 Å². The highest BCUT2D eigenvalue weighted by atomic mass is 31.1. The summed E-state index contributed by atoms with van der Waals surface area (Å²) in [5, 5.41) is 0. The van der Waals surface area contributed by atoms with Crippen LogP contribution in [0.5, 0.6) is 0 Å². The molecular formula is C34H66P4. The number of hydrogen-bond donors (Lipinski definition) is 0. The molecule has 0 bridgehead atoms. The number of rotatable bonds is 24. The molecule has 1 aromatic carbocycles. The molecule has 0 atom stereocenters. The van der Waals surface area contributed by atoms with Gasteiger partial charge < -0.3 is 0 Å². The summed E-state index contributed by atoms with van der Waals surface area (Å²) < 4.78 is 0. The Morgan fingerprint density at radius 1 is 0.316 bits per heavy atom. The molecule has 222 valence electrons. The summed E-state index contributed by atoms with van der Waals surface area (Å²) in [6.45, 7) is 19.3. The van der Waals surface area contributed by atoms with Gasteiger partial charge in [0.25, 0.3) is 0 Å². The fourth-order valence-corrected chi connectivity index (χ4v) is 16.3. The second-order valence-electron chi connectivity index (χ2n) is 11.5. The highest BCUT2D eigenvalue weighted by Gasteiger charge is 2.20. The van der Waals surface area contributed by atoms with E-state index in [0.717, 1.165) is 0 Å². The van der Waals surface area contributed by atoms with E-state index in [4.69, 9.17) is 0 Å². The van der Waals surface area contributed by atoms with Crippen LogP contribution < -0.4 is 0 Å². The first-order chi connectivity index (χ1) is 18.5. The van der Waals surface area contributed by atoms with E-state index in [0.29, 0.717) is 0 Å². The van der Waals surface area contributed by atoms with Gasteiger partial charge in [-0.3, -0.25) is 0 Å². The predicted molar refractivity (Wildman–Crippen MR) is 190 cm³/mol. The molecule has 0 aliphatic carbocycles. The van der Waals surface area contributed by atoms with E-state index < -0.39 is 0 Å². The van der Waals surface area contributed by atoms with Crippen LogP contribution in [0.15, 0.2) is 12.1 Å². The van der Waals surface area contributed by atoms with E-state index in [9.17, 15) is 0 Å². The molecule has 0 N–H and O–H groups in total. The largest absolute Gasteiger partial charge is 0.102 e. The van der Waals surface area contributed by atoms with Crippen LogP contribution in [0.4, 0.5) is 0 Å². The van der Waals surface area contributed by atoms with Gasteiger partial charge in [0.1, 0.15) is 0 Å². The molecule has 0 aliphatic heterocycles. The molecule has 0 radical (unpaired) electrons. The molecule has 0 saturated heterocycles. The third-order valence-electron chi connectivity index (χ3n) is 7.42. The maximum atomic E-state index is 2.84. The molecule has 0 spiro atoms. The Hall–Kier alpha value is 0.940. The molecular weight excluding hydrogens is 532 g/mol. The van der Waals surface area contributed by atoms with E-state index in [1.54, 1.807) is 22.3 Å². The standard InChI is InChI=1S/C34H66P4/c1-9-17-35(18-10-2)27-31-25-33(29-37(21-13-5)22-14-6)34(30-38(23-15-7)24-16-8)26-32(31)28-36(19-11-3)20-12-4/h25-26H,9-24,27-30H2,1-8H3. The molecule has 1 aromatic rings. The van der Waals surface area contributed by atoms with Gasteiger partial charge in [-0.15, -0.1) is 31.7 Å². The average molecular weight is 599 g/mol. The van der Waals surface area contributed by atoms with Gasteiger partial charge in [0, 0.05) is 0 Å². The Bertz CT molecular complexity index is 566. The van der Waals surface area contributed by atoms with Crippen molar-refractivity contribution in [2.45, 2.75) is 131 Å². The van der Waals surface area contributed by atoms with Gasteiger partial charge in [-0.05, 0) is 96.2 Å². The van der Waals surface area contributed by atoms with Gasteiger partial charge >= 0.3 is 0 Å². The molecule has 0 heterocycles. The van der Waals surface area contributed by atoms with Crippen molar-refractivity contribution in [1.29, 1.82) is 0 Å². The molecule has 0 aromatic heterocycles. The van der Waals surface area contributed by atoms with E-state index in [1.165, 1.54) is 125 Å². The maximum absolute atomic E-state index is 2.84. The summed E-state index contributed by atoms with van der Waals surface area (Å²) in [5.41, 5.74) is 7.20. The summed E-state index contributed by atoms with van der Waals surface area (Å²) in [6, 6.07) is 5.67. The summed E-state index contributed by atoms with van der Waals surface area (Å²) in [7, 11) is 0.554. The normalized spacial score (nSPS) is 12.1. The Balaban J connectivity index is 3.61. The molecule has 0 fully saturated rings. The van der Waals surface area contributed by atoms with Crippen LogP contribution in [0.3, 0.4) is 0 Å². The minimum atomic E-state index is 0.138. The first-order valence-corrected chi connectivity index (χ1v) is 24.1. The monoisotopic (exact) mass is 598 g/mol. The molecule has 4 heteroatoms. The number of benzene rings is 1. The van der Waals surface area contributed by atoms with Crippen LogP contribution in [0.25, 0.3) is 0 Å². The smallest absolute Gasteiger partial charge is 0.00701 e. The predicted octanol–water partition coefficient (Wildman–Crippen LogP) is 12.9. The lowest BCUT2D eigenvalue weighted by molar-refractivity contribution is 1.02. The lowest BCUT2D eigenvalue weighted by Crippen LogP contribution is -2.06. The summed E-state index contributed by atoms with van der Waals surface area (Å²) in [5.74, 6) is 0. The second-order valence-corrected chi connectivity index (χ2v) is 21.7. The van der Waals surface area contributed by atoms with Crippen LogP contribution in [-0.4, -0.2) is 49.3 Å². The van der Waals surface area contributed by atoms with Gasteiger partial charge in [-0.1, -0.05) is 119 Å². The third kappa shape index (κ3) is 14.7. The van der Waals surface area contributed by atoms with Crippen molar-refractivity contribution in [3.05, 3.63) is 34.4 Å².